The number of anilines is 1. The second-order valence-corrected chi connectivity index (χ2v) is 5.83. The average molecular weight is 328 g/mol. The zero-order chi connectivity index (χ0) is 16.8. The lowest BCUT2D eigenvalue weighted by molar-refractivity contribution is -0.121. The van der Waals surface area contributed by atoms with Gasteiger partial charge in [-0.3, -0.25) is 10.1 Å². The summed E-state index contributed by atoms with van der Waals surface area (Å²) in [5.41, 5.74) is 4.20. The fourth-order valence-corrected chi connectivity index (χ4v) is 2.35. The molecule has 0 aliphatic heterocycles. The standard InChI is InChI=1S/C18H20N2O2S/c1-12-5-4-6-15(10-12)22-11-17(21)20-18(23)19-16-8-7-13(2)9-14(16)3/h4-10H,11H2,1-3H3,(H2,19,20,21,23). The van der Waals surface area contributed by atoms with Gasteiger partial charge in [0, 0.05) is 5.69 Å². The molecule has 23 heavy (non-hydrogen) atoms. The van der Waals surface area contributed by atoms with Crippen LogP contribution in [0.3, 0.4) is 0 Å². The molecule has 2 aromatic carbocycles. The van der Waals surface area contributed by atoms with Crippen LogP contribution in [0.15, 0.2) is 42.5 Å². The molecule has 0 radical (unpaired) electrons. The number of carbonyl (C=O) groups is 1. The van der Waals surface area contributed by atoms with Gasteiger partial charge >= 0.3 is 0 Å². The molecule has 0 aliphatic carbocycles. The molecule has 0 heterocycles. The van der Waals surface area contributed by atoms with Crippen LogP contribution in [0.5, 0.6) is 5.75 Å². The minimum Gasteiger partial charge on any atom is -0.484 e. The highest BCUT2D eigenvalue weighted by Gasteiger charge is 2.07. The van der Waals surface area contributed by atoms with Crippen molar-refractivity contribution in [2.24, 2.45) is 0 Å². The molecule has 0 atom stereocenters. The van der Waals surface area contributed by atoms with Crippen molar-refractivity contribution >= 4 is 28.9 Å². The smallest absolute Gasteiger partial charge is 0.264 e. The Balaban J connectivity index is 1.84. The molecule has 0 saturated heterocycles. The van der Waals surface area contributed by atoms with Crippen molar-refractivity contribution in [1.82, 2.24) is 5.32 Å². The van der Waals surface area contributed by atoms with Crippen LogP contribution in [0, 0.1) is 20.8 Å². The highest BCUT2D eigenvalue weighted by Crippen LogP contribution is 2.16. The van der Waals surface area contributed by atoms with Crippen LogP contribution in [-0.2, 0) is 4.79 Å². The summed E-state index contributed by atoms with van der Waals surface area (Å²) < 4.78 is 5.44. The molecule has 2 N–H and O–H groups in total. The summed E-state index contributed by atoms with van der Waals surface area (Å²) >= 11 is 5.16. The van der Waals surface area contributed by atoms with Crippen LogP contribution in [0.1, 0.15) is 16.7 Å². The minimum absolute atomic E-state index is 0.0852. The van der Waals surface area contributed by atoms with E-state index in [2.05, 4.69) is 10.6 Å². The van der Waals surface area contributed by atoms with E-state index in [9.17, 15) is 4.79 Å². The molecule has 0 bridgehead atoms. The summed E-state index contributed by atoms with van der Waals surface area (Å²) in [6.07, 6.45) is 0. The van der Waals surface area contributed by atoms with Crippen molar-refractivity contribution in [2.45, 2.75) is 20.8 Å². The van der Waals surface area contributed by atoms with E-state index >= 15 is 0 Å². The van der Waals surface area contributed by atoms with Gasteiger partial charge in [-0.25, -0.2) is 0 Å². The van der Waals surface area contributed by atoms with Gasteiger partial charge in [-0.15, -0.1) is 0 Å². The molecular weight excluding hydrogens is 308 g/mol. The Bertz CT molecular complexity index is 729. The number of ether oxygens (including phenoxy) is 1. The Morgan fingerprint density at radius 2 is 1.83 bits per heavy atom. The zero-order valence-corrected chi connectivity index (χ0v) is 14.3. The molecule has 4 nitrogen and oxygen atoms in total. The summed E-state index contributed by atoms with van der Waals surface area (Å²) in [5.74, 6) is 0.363. The third-order valence-corrected chi connectivity index (χ3v) is 3.45. The van der Waals surface area contributed by atoms with Crippen molar-refractivity contribution < 1.29 is 9.53 Å². The first kappa shape index (κ1) is 17.0. The van der Waals surface area contributed by atoms with Crippen LogP contribution in [-0.4, -0.2) is 17.6 Å². The number of thiocarbonyl (C=S) groups is 1. The number of hydrogen-bond donors (Lipinski definition) is 2. The predicted molar refractivity (Wildman–Crippen MR) is 97.0 cm³/mol. The predicted octanol–water partition coefficient (Wildman–Crippen LogP) is 3.50. The summed E-state index contributed by atoms with van der Waals surface area (Å²) in [5, 5.41) is 5.89. The van der Waals surface area contributed by atoms with E-state index in [1.54, 1.807) is 0 Å². The van der Waals surface area contributed by atoms with Gasteiger partial charge in [-0.2, -0.15) is 0 Å². The van der Waals surface area contributed by atoms with E-state index in [1.165, 1.54) is 5.56 Å². The highest BCUT2D eigenvalue weighted by molar-refractivity contribution is 7.80. The molecule has 0 spiro atoms. The Hall–Kier alpha value is -2.40. The molecule has 2 rings (SSSR count). The first-order chi connectivity index (χ1) is 10.9. The molecule has 2 aromatic rings. The monoisotopic (exact) mass is 328 g/mol. The van der Waals surface area contributed by atoms with Crippen molar-refractivity contribution in [2.75, 3.05) is 11.9 Å². The maximum absolute atomic E-state index is 11.9. The fourth-order valence-electron chi connectivity index (χ4n) is 2.12. The highest BCUT2D eigenvalue weighted by atomic mass is 32.1. The number of aryl methyl sites for hydroxylation is 3. The van der Waals surface area contributed by atoms with Gasteiger partial charge < -0.3 is 10.1 Å². The van der Waals surface area contributed by atoms with Crippen molar-refractivity contribution in [3.8, 4) is 5.75 Å². The van der Waals surface area contributed by atoms with Crippen LogP contribution in [0.2, 0.25) is 0 Å². The lowest BCUT2D eigenvalue weighted by Crippen LogP contribution is -2.37. The number of carbonyl (C=O) groups excluding carboxylic acids is 1. The van der Waals surface area contributed by atoms with Crippen molar-refractivity contribution in [3.05, 3.63) is 59.2 Å². The normalized spacial score (nSPS) is 10.0. The third kappa shape index (κ3) is 5.38. The van der Waals surface area contributed by atoms with Gasteiger partial charge in [0.15, 0.2) is 11.7 Å². The van der Waals surface area contributed by atoms with Gasteiger partial charge in [-0.1, -0.05) is 29.8 Å². The minimum atomic E-state index is -0.297. The lowest BCUT2D eigenvalue weighted by atomic mass is 10.1. The number of rotatable bonds is 4. The molecule has 0 unspecified atom stereocenters. The molecular formula is C18H20N2O2S. The first-order valence-corrected chi connectivity index (χ1v) is 7.72. The maximum Gasteiger partial charge on any atom is 0.264 e. The van der Waals surface area contributed by atoms with Gasteiger partial charge in [-0.05, 0) is 62.3 Å². The molecule has 0 aliphatic rings. The molecule has 0 saturated carbocycles. The Labute approximate surface area is 141 Å². The quantitative estimate of drug-likeness (QED) is 0.844. The molecule has 0 fully saturated rings. The van der Waals surface area contributed by atoms with Crippen LogP contribution < -0.4 is 15.4 Å². The summed E-state index contributed by atoms with van der Waals surface area (Å²) in [4.78, 5) is 11.9. The van der Waals surface area contributed by atoms with E-state index in [0.29, 0.717) is 5.75 Å². The maximum atomic E-state index is 11.9. The molecule has 1 amide bonds. The van der Waals surface area contributed by atoms with Crippen LogP contribution >= 0.6 is 12.2 Å². The van der Waals surface area contributed by atoms with Crippen LogP contribution in [0.4, 0.5) is 5.69 Å². The number of benzene rings is 2. The van der Waals surface area contributed by atoms with Gasteiger partial charge in [0.2, 0.25) is 0 Å². The average Bonchev–Trinajstić information content (AvgIpc) is 2.48. The molecule has 120 valence electrons. The first-order valence-electron chi connectivity index (χ1n) is 7.31. The van der Waals surface area contributed by atoms with E-state index in [-0.39, 0.29) is 17.6 Å². The lowest BCUT2D eigenvalue weighted by Gasteiger charge is -2.12. The van der Waals surface area contributed by atoms with E-state index < -0.39 is 0 Å². The topological polar surface area (TPSA) is 50.4 Å². The molecule has 0 aromatic heterocycles. The van der Waals surface area contributed by atoms with Gasteiger partial charge in [0.05, 0.1) is 0 Å². The van der Waals surface area contributed by atoms with Crippen LogP contribution in [0.25, 0.3) is 0 Å². The molecule has 5 heteroatoms. The fraction of sp³-hybridized carbons (Fsp3) is 0.222. The van der Waals surface area contributed by atoms with Crippen molar-refractivity contribution in [3.63, 3.8) is 0 Å². The number of amides is 1. The second kappa shape index (κ2) is 7.74. The van der Waals surface area contributed by atoms with Gasteiger partial charge in [0.1, 0.15) is 5.75 Å². The zero-order valence-electron chi connectivity index (χ0n) is 13.5. The second-order valence-electron chi connectivity index (χ2n) is 5.43. The van der Waals surface area contributed by atoms with E-state index in [1.807, 2.05) is 63.2 Å². The van der Waals surface area contributed by atoms with E-state index in [0.717, 1.165) is 16.8 Å². The van der Waals surface area contributed by atoms with Crippen molar-refractivity contribution in [1.29, 1.82) is 0 Å². The number of nitrogens with one attached hydrogen (secondary N) is 2. The Kier molecular flexibility index (Phi) is 5.71. The largest absolute Gasteiger partial charge is 0.484 e. The van der Waals surface area contributed by atoms with E-state index in [4.69, 9.17) is 17.0 Å². The third-order valence-electron chi connectivity index (χ3n) is 3.24. The summed E-state index contributed by atoms with van der Waals surface area (Å²) in [7, 11) is 0. The summed E-state index contributed by atoms with van der Waals surface area (Å²) in [6, 6.07) is 13.5. The number of hydrogen-bond acceptors (Lipinski definition) is 3. The Morgan fingerprint density at radius 1 is 1.09 bits per heavy atom. The van der Waals surface area contributed by atoms with Gasteiger partial charge in [0.25, 0.3) is 5.91 Å². The SMILES string of the molecule is Cc1cccc(OCC(=O)NC(=S)Nc2ccc(C)cc2C)c1. The Morgan fingerprint density at radius 3 is 2.52 bits per heavy atom. The summed E-state index contributed by atoms with van der Waals surface area (Å²) in [6.45, 7) is 5.90.